The molecule has 1 aliphatic rings. The Balaban J connectivity index is 0.00000320. The molecule has 8 heteroatoms. The van der Waals surface area contributed by atoms with Crippen molar-refractivity contribution in [3.63, 3.8) is 0 Å². The summed E-state index contributed by atoms with van der Waals surface area (Å²) in [6, 6.07) is 17.5. The number of anilines is 2. The Morgan fingerprint density at radius 2 is 1.70 bits per heavy atom. The van der Waals surface area contributed by atoms with E-state index in [-0.39, 0.29) is 39.9 Å². The number of fused-ring (bicyclic) bond motifs is 1. The smallest absolute Gasteiger partial charge is 0.169 e. The zero-order valence-corrected chi connectivity index (χ0v) is 22.9. The number of likely N-dealkylation sites (N-methyl/N-ethyl adjacent to an activating group) is 1. The van der Waals surface area contributed by atoms with Crippen molar-refractivity contribution in [2.75, 3.05) is 26.0 Å². The number of nitrogens with zero attached hydrogens (tertiary/aromatic N) is 2. The number of carbonyl (C=O) groups excluding carboxylic acids is 1. The first kappa shape index (κ1) is 27.2. The first-order valence-electron chi connectivity index (χ1n) is 12.0. The highest BCUT2D eigenvalue weighted by Crippen LogP contribution is 2.40. The SMILES string of the molecule is CN(C)CCc1ccc(Nc2c(C(=O)C3CC3)cnc3ccc(-c4cc(Cl)c(O)c(Cl)c4)cc23)cc1.Cl. The number of halogens is 3. The molecule has 2 N–H and O–H groups in total. The molecule has 0 aliphatic heterocycles. The minimum Gasteiger partial charge on any atom is -0.505 e. The highest BCUT2D eigenvalue weighted by atomic mass is 35.5. The maximum Gasteiger partial charge on any atom is 0.169 e. The number of aromatic hydroxyl groups is 1. The highest BCUT2D eigenvalue weighted by molar-refractivity contribution is 6.37. The summed E-state index contributed by atoms with van der Waals surface area (Å²) in [5, 5.41) is 14.7. The van der Waals surface area contributed by atoms with Crippen molar-refractivity contribution in [2.45, 2.75) is 19.3 Å². The Hall–Kier alpha value is -2.83. The van der Waals surface area contributed by atoms with Crippen molar-refractivity contribution in [3.05, 3.63) is 82.0 Å². The van der Waals surface area contributed by atoms with E-state index in [1.165, 1.54) is 5.56 Å². The summed E-state index contributed by atoms with van der Waals surface area (Å²) in [6.07, 6.45) is 4.49. The molecule has 1 fully saturated rings. The molecule has 0 bridgehead atoms. The Morgan fingerprint density at radius 1 is 1.03 bits per heavy atom. The van der Waals surface area contributed by atoms with Gasteiger partial charge < -0.3 is 15.3 Å². The number of aromatic nitrogens is 1. The molecule has 192 valence electrons. The van der Waals surface area contributed by atoms with Gasteiger partial charge in [-0.15, -0.1) is 12.4 Å². The molecule has 0 amide bonds. The normalized spacial score (nSPS) is 13.0. The van der Waals surface area contributed by atoms with E-state index in [9.17, 15) is 9.90 Å². The third-order valence-corrected chi connectivity index (χ3v) is 7.08. The maximum atomic E-state index is 13.2. The Bertz CT molecular complexity index is 1430. The summed E-state index contributed by atoms with van der Waals surface area (Å²) in [5.74, 6) is 0.0463. The lowest BCUT2D eigenvalue weighted by molar-refractivity contribution is 0.0968. The Labute approximate surface area is 232 Å². The lowest BCUT2D eigenvalue weighted by atomic mass is 9.98. The van der Waals surface area contributed by atoms with Gasteiger partial charge in [-0.2, -0.15) is 0 Å². The number of hydrogen-bond donors (Lipinski definition) is 2. The molecule has 37 heavy (non-hydrogen) atoms. The van der Waals surface area contributed by atoms with Crippen LogP contribution in [0.4, 0.5) is 11.4 Å². The van der Waals surface area contributed by atoms with E-state index in [0.717, 1.165) is 59.2 Å². The van der Waals surface area contributed by atoms with Crippen LogP contribution in [0.1, 0.15) is 28.8 Å². The second kappa shape index (κ2) is 11.3. The van der Waals surface area contributed by atoms with E-state index >= 15 is 0 Å². The largest absolute Gasteiger partial charge is 0.505 e. The summed E-state index contributed by atoms with van der Waals surface area (Å²) in [4.78, 5) is 20.0. The number of benzene rings is 3. The average Bonchev–Trinajstić information content (AvgIpc) is 3.72. The van der Waals surface area contributed by atoms with E-state index in [1.54, 1.807) is 18.3 Å². The van der Waals surface area contributed by atoms with Crippen LogP contribution in [0.5, 0.6) is 5.75 Å². The fraction of sp³-hybridized carbons (Fsp3) is 0.241. The molecular formula is C29H28Cl3N3O2. The molecular weight excluding hydrogens is 529 g/mol. The molecule has 0 radical (unpaired) electrons. The molecule has 5 nitrogen and oxygen atoms in total. The fourth-order valence-corrected chi connectivity index (χ4v) is 4.73. The number of nitrogens with one attached hydrogen (secondary N) is 1. The Morgan fingerprint density at radius 3 is 2.32 bits per heavy atom. The first-order chi connectivity index (χ1) is 17.3. The van der Waals surface area contributed by atoms with E-state index in [2.05, 4.69) is 41.4 Å². The molecule has 0 unspecified atom stereocenters. The fourth-order valence-electron chi connectivity index (χ4n) is 4.24. The standard InChI is InChI=1S/C29H27Cl2N3O2.ClH/c1-34(2)12-11-17-3-8-21(9-4-17)33-27-22-13-19(20-14-24(30)29(36)25(31)15-20)7-10-26(22)32-16-23(27)28(35)18-5-6-18;/h3-4,7-10,13-16,18,36H,5-6,11-12H2,1-2H3,(H,32,33);1H. The van der Waals surface area contributed by atoms with Gasteiger partial charge in [0.15, 0.2) is 11.5 Å². The molecule has 0 spiro atoms. The lowest BCUT2D eigenvalue weighted by Crippen LogP contribution is -2.14. The summed E-state index contributed by atoms with van der Waals surface area (Å²) in [7, 11) is 4.13. The third kappa shape index (κ3) is 6.02. The number of Topliss-reactive ketones (excluding diaryl/α,β-unsaturated/α-hetero) is 1. The number of ketones is 1. The first-order valence-corrected chi connectivity index (χ1v) is 12.7. The molecule has 0 saturated heterocycles. The predicted octanol–water partition coefficient (Wildman–Crippen LogP) is 7.78. The monoisotopic (exact) mass is 555 g/mol. The van der Waals surface area contributed by atoms with Gasteiger partial charge in [-0.3, -0.25) is 9.78 Å². The van der Waals surface area contributed by atoms with E-state index in [4.69, 9.17) is 23.2 Å². The lowest BCUT2D eigenvalue weighted by Gasteiger charge is -2.16. The topological polar surface area (TPSA) is 65.5 Å². The minimum atomic E-state index is -0.141. The van der Waals surface area contributed by atoms with Gasteiger partial charge in [-0.25, -0.2) is 0 Å². The number of hydrogen-bond acceptors (Lipinski definition) is 5. The van der Waals surface area contributed by atoms with E-state index < -0.39 is 0 Å². The van der Waals surface area contributed by atoms with Crippen molar-refractivity contribution in [2.24, 2.45) is 5.92 Å². The maximum absolute atomic E-state index is 13.2. The van der Waals surface area contributed by atoms with Gasteiger partial charge in [0.05, 0.1) is 26.8 Å². The second-order valence-corrected chi connectivity index (χ2v) is 10.4. The van der Waals surface area contributed by atoms with Gasteiger partial charge in [-0.05, 0) is 86.4 Å². The quantitative estimate of drug-likeness (QED) is 0.217. The molecule has 0 atom stereocenters. The average molecular weight is 557 g/mol. The number of rotatable bonds is 8. The second-order valence-electron chi connectivity index (χ2n) is 9.58. The van der Waals surface area contributed by atoms with Gasteiger partial charge >= 0.3 is 0 Å². The van der Waals surface area contributed by atoms with E-state index in [1.807, 2.05) is 30.3 Å². The molecule has 3 aromatic carbocycles. The van der Waals surface area contributed by atoms with Crippen LogP contribution in [0.3, 0.4) is 0 Å². The molecule has 1 heterocycles. The van der Waals surface area contributed by atoms with Crippen LogP contribution in [0.15, 0.2) is 60.8 Å². The Kier molecular flexibility index (Phi) is 8.29. The van der Waals surface area contributed by atoms with Crippen LogP contribution in [-0.2, 0) is 6.42 Å². The van der Waals surface area contributed by atoms with Crippen molar-refractivity contribution < 1.29 is 9.90 Å². The van der Waals surface area contributed by atoms with Gasteiger partial charge in [0.25, 0.3) is 0 Å². The van der Waals surface area contributed by atoms with Gasteiger partial charge in [0.2, 0.25) is 0 Å². The summed E-state index contributed by atoms with van der Waals surface area (Å²) in [6.45, 7) is 0.982. The summed E-state index contributed by atoms with van der Waals surface area (Å²) >= 11 is 12.4. The summed E-state index contributed by atoms with van der Waals surface area (Å²) in [5.41, 5.74) is 5.89. The van der Waals surface area contributed by atoms with Crippen LogP contribution in [0.25, 0.3) is 22.0 Å². The zero-order valence-electron chi connectivity index (χ0n) is 20.6. The van der Waals surface area contributed by atoms with E-state index in [0.29, 0.717) is 5.56 Å². The van der Waals surface area contributed by atoms with Crippen LogP contribution in [-0.4, -0.2) is 41.4 Å². The van der Waals surface area contributed by atoms with Crippen LogP contribution >= 0.6 is 35.6 Å². The van der Waals surface area contributed by atoms with Gasteiger partial charge in [0.1, 0.15) is 0 Å². The molecule has 5 rings (SSSR count). The molecule has 1 aliphatic carbocycles. The van der Waals surface area contributed by atoms with Gasteiger partial charge in [-0.1, -0.05) is 41.4 Å². The third-order valence-electron chi connectivity index (χ3n) is 6.50. The van der Waals surface area contributed by atoms with Crippen LogP contribution in [0, 0.1) is 5.92 Å². The number of phenolic OH excluding ortho intramolecular Hbond substituents is 1. The number of phenols is 1. The van der Waals surface area contributed by atoms with Crippen LogP contribution in [0.2, 0.25) is 10.0 Å². The number of pyridine rings is 1. The van der Waals surface area contributed by atoms with Crippen molar-refractivity contribution >= 4 is 63.7 Å². The predicted molar refractivity (Wildman–Crippen MR) is 155 cm³/mol. The van der Waals surface area contributed by atoms with Crippen molar-refractivity contribution in [1.82, 2.24) is 9.88 Å². The van der Waals surface area contributed by atoms with Crippen molar-refractivity contribution in [1.29, 1.82) is 0 Å². The molecule has 4 aromatic rings. The summed E-state index contributed by atoms with van der Waals surface area (Å²) < 4.78 is 0. The highest BCUT2D eigenvalue weighted by Gasteiger charge is 2.32. The van der Waals surface area contributed by atoms with Gasteiger partial charge in [0, 0.05) is 29.7 Å². The zero-order chi connectivity index (χ0) is 25.4. The van der Waals surface area contributed by atoms with Crippen LogP contribution < -0.4 is 5.32 Å². The van der Waals surface area contributed by atoms with Crippen molar-refractivity contribution in [3.8, 4) is 16.9 Å². The number of carbonyl (C=O) groups is 1. The molecule has 1 saturated carbocycles. The molecule has 1 aromatic heterocycles. The minimum absolute atomic E-state index is 0.